The number of likely N-dealkylation sites (tertiary alicyclic amines) is 1. The van der Waals surface area contributed by atoms with Crippen LogP contribution >= 0.6 is 0 Å². The molecule has 5 nitrogen and oxygen atoms in total. The van der Waals surface area contributed by atoms with E-state index in [-0.39, 0.29) is 30.3 Å². The average molecular weight is 282 g/mol. The first-order valence-electron chi connectivity index (χ1n) is 7.81. The van der Waals surface area contributed by atoms with Crippen LogP contribution in [0.3, 0.4) is 0 Å². The van der Waals surface area contributed by atoms with Gasteiger partial charge < -0.3 is 15.3 Å². The summed E-state index contributed by atoms with van der Waals surface area (Å²) >= 11 is 0. The number of nitrogens with zero attached hydrogens (tertiary/aromatic N) is 1. The van der Waals surface area contributed by atoms with E-state index in [0.717, 1.165) is 25.7 Å². The Labute approximate surface area is 120 Å². The Balaban J connectivity index is 1.89. The number of amides is 2. The normalized spacial score (nSPS) is 22.9. The highest BCUT2D eigenvalue weighted by Crippen LogP contribution is 2.33. The Kier molecular flexibility index (Phi) is 4.68. The molecule has 1 aliphatic heterocycles. The van der Waals surface area contributed by atoms with Gasteiger partial charge in [-0.1, -0.05) is 13.8 Å². The van der Waals surface area contributed by atoms with E-state index >= 15 is 0 Å². The predicted molar refractivity (Wildman–Crippen MR) is 76.0 cm³/mol. The van der Waals surface area contributed by atoms with Gasteiger partial charge in [-0.3, -0.25) is 9.59 Å². The average Bonchev–Trinajstić information content (AvgIpc) is 3.20. The van der Waals surface area contributed by atoms with Gasteiger partial charge in [0.25, 0.3) is 0 Å². The Morgan fingerprint density at radius 1 is 1.25 bits per heavy atom. The maximum absolute atomic E-state index is 12.3. The minimum atomic E-state index is -0.834. The first kappa shape index (κ1) is 15.3. The monoisotopic (exact) mass is 282 g/mol. The summed E-state index contributed by atoms with van der Waals surface area (Å²) in [4.78, 5) is 26.1. The SMILES string of the molecule is CCC(O)(CC)CNC(=O)C1CCCN1C(=O)C1CC1. The van der Waals surface area contributed by atoms with Gasteiger partial charge in [0.1, 0.15) is 6.04 Å². The van der Waals surface area contributed by atoms with Crippen molar-refractivity contribution in [2.75, 3.05) is 13.1 Å². The molecule has 2 fully saturated rings. The van der Waals surface area contributed by atoms with Crippen LogP contribution in [-0.2, 0) is 9.59 Å². The van der Waals surface area contributed by atoms with E-state index in [2.05, 4.69) is 5.32 Å². The van der Waals surface area contributed by atoms with Crippen LogP contribution in [0.5, 0.6) is 0 Å². The van der Waals surface area contributed by atoms with Crippen molar-refractivity contribution in [2.45, 2.75) is 64.0 Å². The number of aliphatic hydroxyl groups is 1. The smallest absolute Gasteiger partial charge is 0.242 e. The van der Waals surface area contributed by atoms with E-state index in [9.17, 15) is 14.7 Å². The van der Waals surface area contributed by atoms with Crippen molar-refractivity contribution in [1.82, 2.24) is 10.2 Å². The van der Waals surface area contributed by atoms with Crippen LogP contribution in [0, 0.1) is 5.92 Å². The van der Waals surface area contributed by atoms with E-state index in [1.54, 1.807) is 4.90 Å². The summed E-state index contributed by atoms with van der Waals surface area (Å²) in [6.45, 7) is 4.78. The van der Waals surface area contributed by atoms with Gasteiger partial charge in [-0.15, -0.1) is 0 Å². The molecule has 0 radical (unpaired) electrons. The highest BCUT2D eigenvalue weighted by molar-refractivity contribution is 5.90. The topological polar surface area (TPSA) is 69.6 Å². The number of hydrogen-bond donors (Lipinski definition) is 2. The van der Waals surface area contributed by atoms with Crippen LogP contribution in [0.2, 0.25) is 0 Å². The van der Waals surface area contributed by atoms with E-state index in [1.807, 2.05) is 13.8 Å². The summed E-state index contributed by atoms with van der Waals surface area (Å²) in [6, 6.07) is -0.332. The summed E-state index contributed by atoms with van der Waals surface area (Å²) in [6.07, 6.45) is 4.78. The minimum Gasteiger partial charge on any atom is -0.388 e. The number of nitrogens with one attached hydrogen (secondary N) is 1. The Morgan fingerprint density at radius 3 is 2.45 bits per heavy atom. The lowest BCUT2D eigenvalue weighted by Crippen LogP contribution is -2.50. The number of carbonyl (C=O) groups is 2. The Bertz CT molecular complexity index is 375. The zero-order valence-electron chi connectivity index (χ0n) is 12.5. The summed E-state index contributed by atoms with van der Waals surface area (Å²) in [5.74, 6) is 0.187. The van der Waals surface area contributed by atoms with Crippen LogP contribution < -0.4 is 5.32 Å². The van der Waals surface area contributed by atoms with E-state index in [4.69, 9.17) is 0 Å². The van der Waals surface area contributed by atoms with Crippen molar-refractivity contribution in [3.63, 3.8) is 0 Å². The van der Waals surface area contributed by atoms with Gasteiger partial charge in [-0.25, -0.2) is 0 Å². The molecule has 2 rings (SSSR count). The first-order chi connectivity index (χ1) is 9.50. The largest absolute Gasteiger partial charge is 0.388 e. The van der Waals surface area contributed by atoms with Crippen molar-refractivity contribution >= 4 is 11.8 Å². The molecule has 2 amide bonds. The molecule has 2 N–H and O–H groups in total. The standard InChI is InChI=1S/C15H26N2O3/c1-3-15(20,4-2)10-16-13(18)12-6-5-9-17(12)14(19)11-7-8-11/h11-12,20H,3-10H2,1-2H3,(H,16,18). The predicted octanol–water partition coefficient (Wildman–Crippen LogP) is 1.05. The fraction of sp³-hybridized carbons (Fsp3) is 0.867. The van der Waals surface area contributed by atoms with Crippen LogP contribution in [0.1, 0.15) is 52.4 Å². The molecule has 1 saturated carbocycles. The lowest BCUT2D eigenvalue weighted by Gasteiger charge is -2.28. The molecule has 1 aliphatic carbocycles. The van der Waals surface area contributed by atoms with Crippen molar-refractivity contribution in [2.24, 2.45) is 5.92 Å². The molecule has 20 heavy (non-hydrogen) atoms. The van der Waals surface area contributed by atoms with Gasteiger partial charge in [-0.2, -0.15) is 0 Å². The summed E-state index contributed by atoms with van der Waals surface area (Å²) in [7, 11) is 0. The molecule has 0 spiro atoms. The second kappa shape index (κ2) is 6.12. The van der Waals surface area contributed by atoms with Crippen LogP contribution in [0.15, 0.2) is 0 Å². The summed E-state index contributed by atoms with van der Waals surface area (Å²) in [5, 5.41) is 13.0. The van der Waals surface area contributed by atoms with E-state index < -0.39 is 5.60 Å². The maximum atomic E-state index is 12.3. The third-order valence-electron chi connectivity index (χ3n) is 4.67. The number of rotatable bonds is 6. The van der Waals surface area contributed by atoms with Crippen molar-refractivity contribution in [3.05, 3.63) is 0 Å². The molecule has 1 atom stereocenters. The van der Waals surface area contributed by atoms with Crippen molar-refractivity contribution in [1.29, 1.82) is 0 Å². The molecule has 0 bridgehead atoms. The lowest BCUT2D eigenvalue weighted by molar-refractivity contribution is -0.139. The quantitative estimate of drug-likeness (QED) is 0.765. The van der Waals surface area contributed by atoms with Gasteiger partial charge in [0.2, 0.25) is 11.8 Å². The maximum Gasteiger partial charge on any atom is 0.242 e. The van der Waals surface area contributed by atoms with Gasteiger partial charge in [0, 0.05) is 19.0 Å². The minimum absolute atomic E-state index is 0.114. The zero-order chi connectivity index (χ0) is 14.8. The molecule has 1 saturated heterocycles. The fourth-order valence-corrected chi connectivity index (χ4v) is 2.74. The third kappa shape index (κ3) is 3.32. The molecule has 2 aliphatic rings. The highest BCUT2D eigenvalue weighted by atomic mass is 16.3. The molecule has 1 heterocycles. The van der Waals surface area contributed by atoms with Crippen LogP contribution in [-0.4, -0.2) is 46.6 Å². The molecular formula is C15H26N2O3. The van der Waals surface area contributed by atoms with Gasteiger partial charge in [0.15, 0.2) is 0 Å². The van der Waals surface area contributed by atoms with Crippen LogP contribution in [0.4, 0.5) is 0 Å². The zero-order valence-corrected chi connectivity index (χ0v) is 12.5. The molecular weight excluding hydrogens is 256 g/mol. The van der Waals surface area contributed by atoms with Crippen LogP contribution in [0.25, 0.3) is 0 Å². The van der Waals surface area contributed by atoms with Gasteiger partial charge >= 0.3 is 0 Å². The molecule has 114 valence electrons. The second-order valence-corrected chi connectivity index (χ2v) is 6.11. The van der Waals surface area contributed by atoms with Crippen molar-refractivity contribution < 1.29 is 14.7 Å². The Hall–Kier alpha value is -1.10. The van der Waals surface area contributed by atoms with E-state index in [1.165, 1.54) is 0 Å². The first-order valence-corrected chi connectivity index (χ1v) is 7.81. The summed E-state index contributed by atoms with van der Waals surface area (Å²) in [5.41, 5.74) is -0.834. The summed E-state index contributed by atoms with van der Waals surface area (Å²) < 4.78 is 0. The van der Waals surface area contributed by atoms with Gasteiger partial charge in [0.05, 0.1) is 5.60 Å². The number of hydrogen-bond acceptors (Lipinski definition) is 3. The molecule has 0 aromatic heterocycles. The second-order valence-electron chi connectivity index (χ2n) is 6.11. The van der Waals surface area contributed by atoms with Gasteiger partial charge in [-0.05, 0) is 38.5 Å². The third-order valence-corrected chi connectivity index (χ3v) is 4.67. The highest BCUT2D eigenvalue weighted by Gasteiger charge is 2.41. The van der Waals surface area contributed by atoms with E-state index in [0.29, 0.717) is 19.4 Å². The van der Waals surface area contributed by atoms with Crippen molar-refractivity contribution in [3.8, 4) is 0 Å². The molecule has 5 heteroatoms. The Morgan fingerprint density at radius 2 is 1.90 bits per heavy atom. The fourth-order valence-electron chi connectivity index (χ4n) is 2.74. The molecule has 1 unspecified atom stereocenters. The molecule has 0 aromatic rings. The number of carbonyl (C=O) groups excluding carboxylic acids is 2. The lowest BCUT2D eigenvalue weighted by atomic mass is 9.97. The molecule has 0 aromatic carbocycles.